The quantitative estimate of drug-likeness (QED) is 0.671. The molecule has 1 aromatic rings. The largest absolute Gasteiger partial charge is 0.359 e. The van der Waals surface area contributed by atoms with Gasteiger partial charge in [-0.1, -0.05) is 18.2 Å². The van der Waals surface area contributed by atoms with E-state index in [1.807, 2.05) is 43.3 Å². The second kappa shape index (κ2) is 4.20. The van der Waals surface area contributed by atoms with Crippen LogP contribution in [0.4, 0.5) is 5.69 Å². The van der Waals surface area contributed by atoms with Crippen LogP contribution in [-0.4, -0.2) is 0 Å². The highest BCUT2D eigenvalue weighted by Gasteiger charge is 1.88. The number of anilines is 1. The number of allylic oxidation sites excluding steroid dienone is 2. The molecule has 0 radical (unpaired) electrons. The van der Waals surface area contributed by atoms with Gasteiger partial charge in [-0.3, -0.25) is 0 Å². The molecule has 0 aliphatic rings. The summed E-state index contributed by atoms with van der Waals surface area (Å²) >= 11 is 0. The lowest BCUT2D eigenvalue weighted by atomic mass is 10.3. The minimum Gasteiger partial charge on any atom is -0.359 e. The fourth-order valence-electron chi connectivity index (χ4n) is 0.882. The Morgan fingerprint density at radius 1 is 1.42 bits per heavy atom. The van der Waals surface area contributed by atoms with Crippen LogP contribution in [0.25, 0.3) is 0 Å². The molecular weight excluding hydrogens is 148 g/mol. The van der Waals surface area contributed by atoms with Crippen LogP contribution >= 0.6 is 0 Å². The molecule has 1 N–H and O–H groups in total. The topological polar surface area (TPSA) is 35.8 Å². The summed E-state index contributed by atoms with van der Waals surface area (Å²) in [6.45, 7) is 1.86. The first-order chi connectivity index (χ1) is 5.83. The van der Waals surface area contributed by atoms with Crippen molar-refractivity contribution in [1.82, 2.24) is 0 Å². The van der Waals surface area contributed by atoms with Gasteiger partial charge >= 0.3 is 0 Å². The van der Waals surface area contributed by atoms with Gasteiger partial charge in [0.15, 0.2) is 0 Å². The van der Waals surface area contributed by atoms with Gasteiger partial charge in [0.1, 0.15) is 0 Å². The molecule has 0 aliphatic heterocycles. The van der Waals surface area contributed by atoms with Crippen LogP contribution in [0.2, 0.25) is 0 Å². The number of nitrogens with zero attached hydrogens (tertiary/aromatic N) is 1. The lowest BCUT2D eigenvalue weighted by Crippen LogP contribution is -1.93. The van der Waals surface area contributed by atoms with E-state index < -0.39 is 0 Å². The lowest BCUT2D eigenvalue weighted by Gasteiger charge is -2.03. The number of para-hydroxylation sites is 1. The average Bonchev–Trinajstić information content (AvgIpc) is 2.06. The monoisotopic (exact) mass is 158 g/mol. The van der Waals surface area contributed by atoms with Gasteiger partial charge < -0.3 is 5.32 Å². The van der Waals surface area contributed by atoms with E-state index in [1.165, 1.54) is 6.08 Å². The van der Waals surface area contributed by atoms with Gasteiger partial charge in [-0.15, -0.1) is 0 Å². The minimum atomic E-state index is 0.851. The van der Waals surface area contributed by atoms with Crippen LogP contribution in [-0.2, 0) is 0 Å². The molecule has 1 rings (SSSR count). The molecule has 0 saturated heterocycles. The van der Waals surface area contributed by atoms with Crippen LogP contribution in [0.3, 0.4) is 0 Å². The Balaban J connectivity index is 2.66. The normalized spacial score (nSPS) is 10.5. The summed E-state index contributed by atoms with van der Waals surface area (Å²) in [5.41, 5.74) is 1.85. The van der Waals surface area contributed by atoms with Crippen LogP contribution in [0.15, 0.2) is 42.1 Å². The summed E-state index contributed by atoms with van der Waals surface area (Å²) in [4.78, 5) is 0. The average molecular weight is 158 g/mol. The Kier molecular flexibility index (Phi) is 2.92. The minimum absolute atomic E-state index is 0.851. The molecule has 0 saturated carbocycles. The molecule has 60 valence electrons. The zero-order chi connectivity index (χ0) is 8.81. The fourth-order valence-corrected chi connectivity index (χ4v) is 0.882. The maximum absolute atomic E-state index is 8.35. The Hall–Kier alpha value is -1.75. The molecule has 2 heteroatoms. The van der Waals surface area contributed by atoms with Gasteiger partial charge in [0, 0.05) is 17.5 Å². The summed E-state index contributed by atoms with van der Waals surface area (Å²) in [5, 5.41) is 11.4. The molecule has 0 amide bonds. The summed E-state index contributed by atoms with van der Waals surface area (Å²) < 4.78 is 0. The molecule has 0 fully saturated rings. The van der Waals surface area contributed by atoms with Gasteiger partial charge in [0.25, 0.3) is 0 Å². The second-order valence-electron chi connectivity index (χ2n) is 2.45. The van der Waals surface area contributed by atoms with Crippen molar-refractivity contribution < 1.29 is 0 Å². The van der Waals surface area contributed by atoms with Crippen molar-refractivity contribution in [3.63, 3.8) is 0 Å². The molecule has 0 atom stereocenters. The van der Waals surface area contributed by atoms with E-state index in [9.17, 15) is 0 Å². The lowest BCUT2D eigenvalue weighted by molar-refractivity contribution is 1.37. The van der Waals surface area contributed by atoms with Crippen molar-refractivity contribution in [2.24, 2.45) is 0 Å². The first-order valence-corrected chi connectivity index (χ1v) is 3.71. The maximum atomic E-state index is 8.35. The van der Waals surface area contributed by atoms with E-state index in [1.54, 1.807) is 0 Å². The standard InChI is InChI=1S/C10H10N2/c1-9(7-8-11)12-10-5-3-2-4-6-10/h2-7,12H,1H3. The number of nitrogens with one attached hydrogen (secondary N) is 1. The SMILES string of the molecule is CC(=CC#N)Nc1ccccc1. The predicted molar refractivity (Wildman–Crippen MR) is 49.4 cm³/mol. The van der Waals surface area contributed by atoms with Gasteiger partial charge in [0.05, 0.1) is 6.07 Å². The molecule has 0 aliphatic carbocycles. The Morgan fingerprint density at radius 3 is 2.67 bits per heavy atom. The van der Waals surface area contributed by atoms with Gasteiger partial charge in [-0.05, 0) is 19.1 Å². The van der Waals surface area contributed by atoms with Crippen LogP contribution < -0.4 is 5.32 Å². The second-order valence-corrected chi connectivity index (χ2v) is 2.45. The Bertz CT molecular complexity index is 306. The van der Waals surface area contributed by atoms with E-state index in [0.29, 0.717) is 0 Å². The van der Waals surface area contributed by atoms with Gasteiger partial charge in [0.2, 0.25) is 0 Å². The predicted octanol–water partition coefficient (Wildman–Crippen LogP) is 2.53. The van der Waals surface area contributed by atoms with Crippen molar-refractivity contribution >= 4 is 5.69 Å². The first kappa shape index (κ1) is 8.35. The Morgan fingerprint density at radius 2 is 2.08 bits per heavy atom. The van der Waals surface area contributed by atoms with Crippen molar-refractivity contribution in [2.75, 3.05) is 5.32 Å². The summed E-state index contributed by atoms with van der Waals surface area (Å²) in [7, 11) is 0. The van der Waals surface area contributed by atoms with Crippen molar-refractivity contribution in [3.05, 3.63) is 42.1 Å². The van der Waals surface area contributed by atoms with Crippen molar-refractivity contribution in [1.29, 1.82) is 5.26 Å². The van der Waals surface area contributed by atoms with Crippen molar-refractivity contribution in [2.45, 2.75) is 6.92 Å². The third-order valence-corrected chi connectivity index (χ3v) is 1.40. The number of nitriles is 1. The van der Waals surface area contributed by atoms with Crippen LogP contribution in [0, 0.1) is 11.3 Å². The smallest absolute Gasteiger partial charge is 0.0930 e. The first-order valence-electron chi connectivity index (χ1n) is 3.71. The molecule has 0 heterocycles. The summed E-state index contributed by atoms with van der Waals surface area (Å²) in [6, 6.07) is 11.7. The third-order valence-electron chi connectivity index (χ3n) is 1.40. The van der Waals surface area contributed by atoms with Crippen LogP contribution in [0.1, 0.15) is 6.92 Å². The van der Waals surface area contributed by atoms with E-state index in [-0.39, 0.29) is 0 Å². The van der Waals surface area contributed by atoms with E-state index in [2.05, 4.69) is 5.32 Å². The number of hydrogen-bond donors (Lipinski definition) is 1. The summed E-state index contributed by atoms with van der Waals surface area (Å²) in [6.07, 6.45) is 1.48. The highest BCUT2D eigenvalue weighted by atomic mass is 14.9. The highest BCUT2D eigenvalue weighted by Crippen LogP contribution is 2.07. The van der Waals surface area contributed by atoms with E-state index >= 15 is 0 Å². The zero-order valence-electron chi connectivity index (χ0n) is 6.91. The molecular formula is C10H10N2. The Labute approximate surface area is 72.1 Å². The van der Waals surface area contributed by atoms with Crippen molar-refractivity contribution in [3.8, 4) is 6.07 Å². The van der Waals surface area contributed by atoms with E-state index in [4.69, 9.17) is 5.26 Å². The molecule has 2 nitrogen and oxygen atoms in total. The maximum Gasteiger partial charge on any atom is 0.0930 e. The fraction of sp³-hybridized carbons (Fsp3) is 0.100. The molecule has 0 bridgehead atoms. The molecule has 0 spiro atoms. The molecule has 0 aromatic heterocycles. The molecule has 1 aromatic carbocycles. The highest BCUT2D eigenvalue weighted by molar-refractivity contribution is 5.47. The zero-order valence-corrected chi connectivity index (χ0v) is 6.91. The van der Waals surface area contributed by atoms with Gasteiger partial charge in [-0.25, -0.2) is 0 Å². The van der Waals surface area contributed by atoms with Crippen LogP contribution in [0.5, 0.6) is 0 Å². The number of rotatable bonds is 2. The third kappa shape index (κ3) is 2.47. The van der Waals surface area contributed by atoms with E-state index in [0.717, 1.165) is 11.4 Å². The van der Waals surface area contributed by atoms with Gasteiger partial charge in [-0.2, -0.15) is 5.26 Å². The molecule has 12 heavy (non-hydrogen) atoms. The summed E-state index contributed by atoms with van der Waals surface area (Å²) in [5.74, 6) is 0. The molecule has 0 unspecified atom stereocenters. The number of benzene rings is 1. The number of hydrogen-bond acceptors (Lipinski definition) is 2.